The molecule has 0 aromatic heterocycles. The van der Waals surface area contributed by atoms with Crippen LogP contribution >= 0.6 is 0 Å². The first kappa shape index (κ1) is 15.6. The average Bonchev–Trinajstić information content (AvgIpc) is 2.43. The molecule has 0 saturated carbocycles. The van der Waals surface area contributed by atoms with Crippen molar-refractivity contribution in [3.63, 3.8) is 0 Å². The summed E-state index contributed by atoms with van der Waals surface area (Å²) in [5.41, 5.74) is -0.0219. The van der Waals surface area contributed by atoms with E-state index in [2.05, 4.69) is 5.32 Å². The number of nitro benzene ring substituents is 1. The van der Waals surface area contributed by atoms with E-state index in [9.17, 15) is 19.7 Å². The number of amides is 1. The molecule has 108 valence electrons. The summed E-state index contributed by atoms with van der Waals surface area (Å²) in [5.74, 6) is -0.687. The van der Waals surface area contributed by atoms with Crippen molar-refractivity contribution in [2.75, 3.05) is 13.7 Å². The van der Waals surface area contributed by atoms with Crippen molar-refractivity contribution in [3.05, 3.63) is 33.9 Å². The topological polar surface area (TPSA) is 98.5 Å². The third-order valence-electron chi connectivity index (χ3n) is 2.71. The highest BCUT2D eigenvalue weighted by Crippen LogP contribution is 2.24. The van der Waals surface area contributed by atoms with Crippen LogP contribution in [0.1, 0.15) is 24.2 Å². The number of hydrogen-bond acceptors (Lipinski definition) is 5. The van der Waals surface area contributed by atoms with Crippen LogP contribution in [0.25, 0.3) is 0 Å². The number of nitro groups is 1. The molecule has 1 N–H and O–H groups in total. The Labute approximate surface area is 116 Å². The largest absolute Gasteiger partial charge is 0.496 e. The molecule has 0 atom stereocenters. The molecule has 0 unspecified atom stereocenters. The molecule has 1 amide bonds. The number of Topliss-reactive ketones (excluding diaryl/α,β-unsaturated/α-hetero) is 1. The normalized spacial score (nSPS) is 10.2. The van der Waals surface area contributed by atoms with Crippen molar-refractivity contribution in [2.45, 2.75) is 13.8 Å². The van der Waals surface area contributed by atoms with E-state index in [1.165, 1.54) is 25.3 Å². The lowest BCUT2D eigenvalue weighted by Crippen LogP contribution is -2.31. The lowest BCUT2D eigenvalue weighted by atomic mass is 10.1. The molecule has 7 heteroatoms. The molecule has 0 saturated heterocycles. The average molecular weight is 280 g/mol. The van der Waals surface area contributed by atoms with Gasteiger partial charge in [-0.25, -0.2) is 0 Å². The van der Waals surface area contributed by atoms with Crippen LogP contribution in [0.3, 0.4) is 0 Å². The number of non-ortho nitro benzene ring substituents is 1. The van der Waals surface area contributed by atoms with E-state index in [1.54, 1.807) is 13.8 Å². The molecule has 20 heavy (non-hydrogen) atoms. The molecule has 0 fully saturated rings. The molecular formula is C13H16N2O5. The zero-order chi connectivity index (χ0) is 15.3. The van der Waals surface area contributed by atoms with Gasteiger partial charge in [-0.15, -0.1) is 0 Å². The molecule has 1 aromatic rings. The fraction of sp³-hybridized carbons (Fsp3) is 0.385. The standard InChI is InChI=1S/C13H16N2O5/c1-8(2)11(16)7-14-13(17)10-5-4-9(15(18)19)6-12(10)20-3/h4-6,8H,7H2,1-3H3,(H,14,17). The Balaban J connectivity index is 2.87. The van der Waals surface area contributed by atoms with Crippen LogP contribution in [0.2, 0.25) is 0 Å². The lowest BCUT2D eigenvalue weighted by Gasteiger charge is -2.09. The number of benzene rings is 1. The van der Waals surface area contributed by atoms with Crippen LogP contribution in [0, 0.1) is 16.0 Å². The summed E-state index contributed by atoms with van der Waals surface area (Å²) in [7, 11) is 1.31. The van der Waals surface area contributed by atoms with Gasteiger partial charge in [0.1, 0.15) is 5.75 Å². The highest BCUT2D eigenvalue weighted by atomic mass is 16.6. The van der Waals surface area contributed by atoms with Crippen LogP contribution < -0.4 is 10.1 Å². The number of nitrogens with zero attached hydrogens (tertiary/aromatic N) is 1. The molecular weight excluding hydrogens is 264 g/mol. The second kappa shape index (κ2) is 6.65. The van der Waals surface area contributed by atoms with Gasteiger partial charge >= 0.3 is 0 Å². The summed E-state index contributed by atoms with van der Waals surface area (Å²) in [4.78, 5) is 33.4. The van der Waals surface area contributed by atoms with Crippen molar-refractivity contribution >= 4 is 17.4 Å². The Morgan fingerprint density at radius 3 is 2.55 bits per heavy atom. The first-order valence-electron chi connectivity index (χ1n) is 6.00. The van der Waals surface area contributed by atoms with Crippen LogP contribution in [0.5, 0.6) is 5.75 Å². The Bertz CT molecular complexity index is 540. The summed E-state index contributed by atoms with van der Waals surface area (Å²) in [6.07, 6.45) is 0. The highest BCUT2D eigenvalue weighted by Gasteiger charge is 2.17. The van der Waals surface area contributed by atoms with Gasteiger partial charge in [-0.05, 0) is 6.07 Å². The third kappa shape index (κ3) is 3.78. The van der Waals surface area contributed by atoms with Crippen LogP contribution in [0.4, 0.5) is 5.69 Å². The fourth-order valence-electron chi connectivity index (χ4n) is 1.45. The molecule has 0 aliphatic rings. The third-order valence-corrected chi connectivity index (χ3v) is 2.71. The molecule has 0 radical (unpaired) electrons. The zero-order valence-electron chi connectivity index (χ0n) is 11.5. The van der Waals surface area contributed by atoms with Gasteiger partial charge in [-0.2, -0.15) is 0 Å². The van der Waals surface area contributed by atoms with E-state index in [-0.39, 0.29) is 35.2 Å². The number of ether oxygens (including phenoxy) is 1. The number of methoxy groups -OCH3 is 1. The summed E-state index contributed by atoms with van der Waals surface area (Å²) < 4.78 is 4.96. The first-order valence-corrected chi connectivity index (χ1v) is 6.00. The SMILES string of the molecule is COc1cc([N+](=O)[O-])ccc1C(=O)NCC(=O)C(C)C. The van der Waals surface area contributed by atoms with E-state index in [1.807, 2.05) is 0 Å². The van der Waals surface area contributed by atoms with Crippen LogP contribution in [-0.2, 0) is 4.79 Å². The van der Waals surface area contributed by atoms with E-state index >= 15 is 0 Å². The minimum atomic E-state index is -0.577. The van der Waals surface area contributed by atoms with Gasteiger partial charge in [0.25, 0.3) is 11.6 Å². The van der Waals surface area contributed by atoms with E-state index in [0.717, 1.165) is 0 Å². The second-order valence-corrected chi connectivity index (χ2v) is 4.45. The molecule has 1 aromatic carbocycles. The summed E-state index contributed by atoms with van der Waals surface area (Å²) in [5, 5.41) is 13.1. The minimum Gasteiger partial charge on any atom is -0.496 e. The highest BCUT2D eigenvalue weighted by molar-refractivity contribution is 5.99. The number of ketones is 1. The number of rotatable bonds is 6. The smallest absolute Gasteiger partial charge is 0.273 e. The number of nitrogens with one attached hydrogen (secondary N) is 1. The Kier molecular flexibility index (Phi) is 5.19. The van der Waals surface area contributed by atoms with Crippen molar-refractivity contribution < 1.29 is 19.2 Å². The minimum absolute atomic E-state index is 0.0867. The van der Waals surface area contributed by atoms with Gasteiger partial charge in [0.15, 0.2) is 5.78 Å². The predicted molar refractivity (Wildman–Crippen MR) is 71.8 cm³/mol. The van der Waals surface area contributed by atoms with Crippen molar-refractivity contribution in [1.29, 1.82) is 0 Å². The molecule has 0 heterocycles. The number of carbonyl (C=O) groups excluding carboxylic acids is 2. The van der Waals surface area contributed by atoms with Gasteiger partial charge in [0.05, 0.1) is 30.2 Å². The summed E-state index contributed by atoms with van der Waals surface area (Å²) in [6, 6.07) is 3.67. The molecule has 1 rings (SSSR count). The van der Waals surface area contributed by atoms with Crippen molar-refractivity contribution in [1.82, 2.24) is 5.32 Å². The summed E-state index contributed by atoms with van der Waals surface area (Å²) >= 11 is 0. The van der Waals surface area contributed by atoms with E-state index in [0.29, 0.717) is 0 Å². The maximum absolute atomic E-state index is 11.9. The maximum atomic E-state index is 11.9. The maximum Gasteiger partial charge on any atom is 0.273 e. The zero-order valence-corrected chi connectivity index (χ0v) is 11.5. The van der Waals surface area contributed by atoms with Gasteiger partial charge < -0.3 is 10.1 Å². The second-order valence-electron chi connectivity index (χ2n) is 4.45. The fourth-order valence-corrected chi connectivity index (χ4v) is 1.45. The molecule has 0 aliphatic carbocycles. The Hall–Kier alpha value is -2.44. The van der Waals surface area contributed by atoms with Crippen molar-refractivity contribution in [3.8, 4) is 5.75 Å². The lowest BCUT2D eigenvalue weighted by molar-refractivity contribution is -0.384. The first-order chi connectivity index (χ1) is 9.36. The van der Waals surface area contributed by atoms with Gasteiger partial charge in [0.2, 0.25) is 0 Å². The monoisotopic (exact) mass is 280 g/mol. The molecule has 0 aliphatic heterocycles. The molecule has 0 spiro atoms. The van der Waals surface area contributed by atoms with Crippen LogP contribution in [-0.4, -0.2) is 30.3 Å². The summed E-state index contributed by atoms with van der Waals surface area (Å²) in [6.45, 7) is 3.39. The van der Waals surface area contributed by atoms with Crippen LogP contribution in [0.15, 0.2) is 18.2 Å². The molecule has 7 nitrogen and oxygen atoms in total. The van der Waals surface area contributed by atoms with E-state index < -0.39 is 10.8 Å². The van der Waals surface area contributed by atoms with Gasteiger partial charge in [-0.3, -0.25) is 19.7 Å². The number of hydrogen-bond donors (Lipinski definition) is 1. The van der Waals surface area contributed by atoms with Crippen molar-refractivity contribution in [2.24, 2.45) is 5.92 Å². The molecule has 0 bridgehead atoms. The van der Waals surface area contributed by atoms with Gasteiger partial charge in [0, 0.05) is 12.0 Å². The predicted octanol–water partition coefficient (Wildman–Crippen LogP) is 1.56. The van der Waals surface area contributed by atoms with Gasteiger partial charge in [-0.1, -0.05) is 13.8 Å². The van der Waals surface area contributed by atoms with E-state index in [4.69, 9.17) is 4.74 Å². The quantitative estimate of drug-likeness (QED) is 0.629. The number of carbonyl (C=O) groups is 2. The Morgan fingerprint density at radius 2 is 2.05 bits per heavy atom. The Morgan fingerprint density at radius 1 is 1.40 bits per heavy atom.